The molecule has 0 bridgehead atoms. The number of fused-ring (bicyclic) bond motifs is 2. The third kappa shape index (κ3) is 15.1. The number of aromatic nitrogens is 6. The number of nitrogens with two attached hydrogens (primary N) is 1. The predicted molar refractivity (Wildman–Crippen MR) is 260 cm³/mol. The Morgan fingerprint density at radius 2 is 1.17 bits per heavy atom. The van der Waals surface area contributed by atoms with Crippen molar-refractivity contribution in [3.8, 4) is 11.3 Å². The van der Waals surface area contributed by atoms with E-state index in [0.717, 1.165) is 73.3 Å². The Morgan fingerprint density at radius 1 is 0.667 bits per heavy atom. The van der Waals surface area contributed by atoms with Crippen LogP contribution in [0.25, 0.3) is 33.3 Å². The molecule has 7 rings (SSSR count). The third-order valence-electron chi connectivity index (χ3n) is 8.71. The van der Waals surface area contributed by atoms with Gasteiger partial charge in [0, 0.05) is 57.4 Å². The highest BCUT2D eigenvalue weighted by molar-refractivity contribution is 9.11. The average Bonchev–Trinajstić information content (AvgIpc) is 3.96. The van der Waals surface area contributed by atoms with Gasteiger partial charge in [0.05, 0.1) is 56.7 Å². The summed E-state index contributed by atoms with van der Waals surface area (Å²) >= 11 is 10.2. The maximum atomic E-state index is 10.7. The molecule has 0 saturated carbocycles. The number of hydrogen-bond acceptors (Lipinski definition) is 8. The molecule has 0 unspecified atom stereocenters. The van der Waals surface area contributed by atoms with Gasteiger partial charge in [-0.05, 0) is 90.4 Å². The standard InChI is InChI=1S/C14H16N4.C11H13BrN2.C10H13BrN2O2.C10H15BrN2/c1-10(2)8-18-9-15-13-4-3-11(7-14(13)18)12-5-6-16-17-12;1-8(2)6-14-7-13-10-4-3-9(12)5-11(10)14;1-7(2)6-12-9-5-8(11)3-4-10(9)13(14)15;1-7(2)6-13-10-5-8(11)3-4-9(10)12/h3-7,9-10H,8H2,1-2H3,(H,16,17);3-5,7-8H,6H2,1-2H3;3-5,7,12H,6H2,1-2H3;3-5,7,13H,6,12H2,1-2H3. The van der Waals surface area contributed by atoms with E-state index in [1.807, 2.05) is 49.1 Å². The van der Waals surface area contributed by atoms with Gasteiger partial charge in [0.1, 0.15) is 5.69 Å². The number of aromatic amines is 1. The van der Waals surface area contributed by atoms with Crippen molar-refractivity contribution >= 4 is 92.6 Å². The van der Waals surface area contributed by atoms with Crippen molar-refractivity contribution in [2.75, 3.05) is 29.5 Å². The minimum Gasteiger partial charge on any atom is -0.397 e. The van der Waals surface area contributed by atoms with Gasteiger partial charge in [-0.1, -0.05) is 109 Å². The molecule has 0 amide bonds. The number of benzene rings is 4. The highest BCUT2D eigenvalue weighted by Crippen LogP contribution is 2.28. The number of H-pyrrole nitrogens is 1. The summed E-state index contributed by atoms with van der Waals surface area (Å²) in [5.74, 6) is 2.33. The first-order valence-corrected chi connectivity index (χ1v) is 22.4. The van der Waals surface area contributed by atoms with Crippen LogP contribution in [0.2, 0.25) is 0 Å². The lowest BCUT2D eigenvalue weighted by Gasteiger charge is -2.11. The van der Waals surface area contributed by atoms with Crippen LogP contribution < -0.4 is 16.4 Å². The highest BCUT2D eigenvalue weighted by atomic mass is 79.9. The van der Waals surface area contributed by atoms with Crippen molar-refractivity contribution in [2.24, 2.45) is 23.7 Å². The van der Waals surface area contributed by atoms with E-state index in [-0.39, 0.29) is 10.6 Å². The van der Waals surface area contributed by atoms with Gasteiger partial charge in [-0.2, -0.15) is 5.10 Å². The third-order valence-corrected chi connectivity index (χ3v) is 10.2. The topological polar surface area (TPSA) is 158 Å². The lowest BCUT2D eigenvalue weighted by Crippen LogP contribution is -2.09. The molecule has 320 valence electrons. The zero-order valence-corrected chi connectivity index (χ0v) is 40.3. The van der Waals surface area contributed by atoms with Gasteiger partial charge >= 0.3 is 0 Å². The van der Waals surface area contributed by atoms with Gasteiger partial charge in [0.15, 0.2) is 0 Å². The van der Waals surface area contributed by atoms with Gasteiger partial charge in [-0.3, -0.25) is 15.2 Å². The van der Waals surface area contributed by atoms with Crippen LogP contribution in [0.3, 0.4) is 0 Å². The highest BCUT2D eigenvalue weighted by Gasteiger charge is 2.13. The first kappa shape index (κ1) is 47.9. The van der Waals surface area contributed by atoms with Gasteiger partial charge in [0.2, 0.25) is 0 Å². The molecule has 3 aromatic heterocycles. The molecule has 7 aromatic rings. The maximum Gasteiger partial charge on any atom is 0.292 e. The normalized spacial score (nSPS) is 11.0. The number of anilines is 3. The van der Waals surface area contributed by atoms with Crippen molar-refractivity contribution in [1.82, 2.24) is 29.3 Å². The Balaban J connectivity index is 0.000000178. The number of nitro groups is 1. The molecule has 0 radical (unpaired) electrons. The van der Waals surface area contributed by atoms with Crippen LogP contribution in [0, 0.1) is 33.8 Å². The zero-order chi connectivity index (χ0) is 43.9. The quantitative estimate of drug-likeness (QED) is 0.0535. The Morgan fingerprint density at radius 3 is 1.70 bits per heavy atom. The van der Waals surface area contributed by atoms with Crippen molar-refractivity contribution in [1.29, 1.82) is 0 Å². The Bertz CT molecular complexity index is 2410. The number of rotatable bonds is 12. The average molecular weight is 1010 g/mol. The fraction of sp³-hybridized carbons (Fsp3) is 0.356. The number of imidazole rings is 2. The van der Waals surface area contributed by atoms with E-state index >= 15 is 0 Å². The molecule has 0 saturated heterocycles. The number of nitrogen functional groups attached to an aromatic ring is 1. The summed E-state index contributed by atoms with van der Waals surface area (Å²) in [6, 6.07) is 25.2. The molecule has 0 aliphatic rings. The molecule has 5 N–H and O–H groups in total. The molecule has 0 atom stereocenters. The number of halogens is 3. The van der Waals surface area contributed by atoms with E-state index in [0.29, 0.717) is 29.4 Å². The molecule has 15 heteroatoms. The summed E-state index contributed by atoms with van der Waals surface area (Å²) < 4.78 is 7.40. The van der Waals surface area contributed by atoms with Gasteiger partial charge in [-0.15, -0.1) is 0 Å². The van der Waals surface area contributed by atoms with Gasteiger partial charge < -0.3 is 25.5 Å². The molecule has 0 spiro atoms. The maximum absolute atomic E-state index is 10.7. The monoisotopic (exact) mass is 1010 g/mol. The summed E-state index contributed by atoms with van der Waals surface area (Å²) in [7, 11) is 0. The number of nitrogens with one attached hydrogen (secondary N) is 3. The summed E-state index contributed by atoms with van der Waals surface area (Å²) in [6.07, 6.45) is 5.60. The smallest absolute Gasteiger partial charge is 0.292 e. The van der Waals surface area contributed by atoms with Crippen molar-refractivity contribution in [3.63, 3.8) is 0 Å². The first-order valence-electron chi connectivity index (χ1n) is 20.0. The Kier molecular flexibility index (Phi) is 18.6. The molecule has 60 heavy (non-hydrogen) atoms. The second kappa shape index (κ2) is 23.3. The van der Waals surface area contributed by atoms with E-state index in [1.165, 1.54) is 17.1 Å². The largest absolute Gasteiger partial charge is 0.397 e. The predicted octanol–water partition coefficient (Wildman–Crippen LogP) is 13.1. The second-order valence-corrected chi connectivity index (χ2v) is 18.8. The molecule has 4 aromatic carbocycles. The summed E-state index contributed by atoms with van der Waals surface area (Å²) in [5, 5.41) is 24.1. The molecular formula is C45H57Br3N10O2. The van der Waals surface area contributed by atoms with Crippen molar-refractivity contribution in [2.45, 2.75) is 68.5 Å². The van der Waals surface area contributed by atoms with E-state index in [1.54, 1.807) is 18.3 Å². The lowest BCUT2D eigenvalue weighted by molar-refractivity contribution is -0.384. The summed E-state index contributed by atoms with van der Waals surface area (Å²) in [6.45, 7) is 21.0. The van der Waals surface area contributed by atoms with Crippen molar-refractivity contribution in [3.05, 3.63) is 121 Å². The van der Waals surface area contributed by atoms with Crippen LogP contribution in [0.5, 0.6) is 0 Å². The SMILES string of the molecule is CC(C)CNc1cc(Br)ccc1N.CC(C)CNc1cc(Br)ccc1[N+](=O)[O-].CC(C)Cn1cnc2ccc(-c3ccn[nH]3)cc21.CC(C)Cn1cnc2ccc(Br)cc21. The summed E-state index contributed by atoms with van der Waals surface area (Å²) in [5.41, 5.74) is 14.9. The second-order valence-electron chi connectivity index (χ2n) is 16.1. The molecular weight excluding hydrogens is 952 g/mol. The first-order chi connectivity index (χ1) is 28.5. The van der Waals surface area contributed by atoms with Crippen molar-refractivity contribution < 1.29 is 4.92 Å². The van der Waals surface area contributed by atoms with Crippen LogP contribution in [-0.4, -0.2) is 47.3 Å². The van der Waals surface area contributed by atoms with Gasteiger partial charge in [-0.25, -0.2) is 9.97 Å². The molecule has 0 fully saturated rings. The molecule has 0 aliphatic heterocycles. The number of hydrogen-bond donors (Lipinski definition) is 4. The molecule has 12 nitrogen and oxygen atoms in total. The van der Waals surface area contributed by atoms with Crippen LogP contribution in [0.15, 0.2) is 111 Å². The molecule has 3 heterocycles. The molecule has 0 aliphatic carbocycles. The van der Waals surface area contributed by atoms with Crippen LogP contribution in [0.4, 0.5) is 22.7 Å². The Labute approximate surface area is 378 Å². The summed E-state index contributed by atoms with van der Waals surface area (Å²) in [4.78, 5) is 19.1. The van der Waals surface area contributed by atoms with Crippen LogP contribution in [0.1, 0.15) is 55.4 Å². The fourth-order valence-corrected chi connectivity index (χ4v) is 6.94. The van der Waals surface area contributed by atoms with Gasteiger partial charge in [0.25, 0.3) is 5.69 Å². The minimum atomic E-state index is -0.380. The van der Waals surface area contributed by atoms with E-state index in [2.05, 4.69) is 167 Å². The fourth-order valence-electron chi connectivity index (χ4n) is 5.87. The zero-order valence-electron chi connectivity index (χ0n) is 35.6. The van der Waals surface area contributed by atoms with E-state index in [4.69, 9.17) is 5.73 Å². The van der Waals surface area contributed by atoms with E-state index < -0.39 is 0 Å². The van der Waals surface area contributed by atoms with Crippen LogP contribution in [-0.2, 0) is 13.1 Å². The Hall–Kier alpha value is -4.73. The van der Waals surface area contributed by atoms with Crippen LogP contribution >= 0.6 is 47.8 Å². The number of nitro benzene ring substituents is 1. The number of nitrogens with zero attached hydrogens (tertiary/aromatic N) is 6. The van der Waals surface area contributed by atoms with E-state index in [9.17, 15) is 10.1 Å². The minimum absolute atomic E-state index is 0.110. The lowest BCUT2D eigenvalue weighted by atomic mass is 10.1.